The molecule has 1 fully saturated rings. The van der Waals surface area contributed by atoms with Gasteiger partial charge >= 0.3 is 0 Å². The van der Waals surface area contributed by atoms with Crippen LogP contribution in [0.1, 0.15) is 25.7 Å². The first kappa shape index (κ1) is 6.57. The van der Waals surface area contributed by atoms with Crippen molar-refractivity contribution < 1.29 is 5.11 Å². The van der Waals surface area contributed by atoms with Crippen LogP contribution in [0.3, 0.4) is 0 Å². The van der Waals surface area contributed by atoms with Crippen LogP contribution in [0.4, 0.5) is 0 Å². The van der Waals surface area contributed by atoms with Crippen molar-refractivity contribution in [2.45, 2.75) is 31.8 Å². The molecule has 1 aliphatic rings. The van der Waals surface area contributed by atoms with Crippen molar-refractivity contribution in [2.75, 3.05) is 0 Å². The number of nitriles is 1. The van der Waals surface area contributed by atoms with E-state index in [1.54, 1.807) is 0 Å². The Morgan fingerprint density at radius 3 is 2.44 bits per heavy atom. The lowest BCUT2D eigenvalue weighted by atomic mass is 9.88. The number of aliphatic hydroxyl groups is 1. The van der Waals surface area contributed by atoms with Crippen LogP contribution in [-0.2, 0) is 0 Å². The second-order valence-electron chi connectivity index (χ2n) is 2.59. The minimum absolute atomic E-state index is 0.0845. The number of nitrogens with zero attached hydrogens (tertiary/aromatic N) is 1. The molecule has 0 aliphatic heterocycles. The van der Waals surface area contributed by atoms with Crippen molar-refractivity contribution >= 4 is 0 Å². The van der Waals surface area contributed by atoms with Gasteiger partial charge in [-0.05, 0) is 12.8 Å². The van der Waals surface area contributed by atoms with E-state index < -0.39 is 0 Å². The van der Waals surface area contributed by atoms with Gasteiger partial charge in [-0.1, -0.05) is 12.8 Å². The van der Waals surface area contributed by atoms with Gasteiger partial charge in [-0.25, -0.2) is 0 Å². The van der Waals surface area contributed by atoms with E-state index >= 15 is 0 Å². The summed E-state index contributed by atoms with van der Waals surface area (Å²) in [5, 5.41) is 17.6. The molecule has 1 rings (SSSR count). The number of rotatable bonds is 0. The summed E-state index contributed by atoms with van der Waals surface area (Å²) in [5.74, 6) is -0.0845. The first-order valence-corrected chi connectivity index (χ1v) is 3.42. The van der Waals surface area contributed by atoms with Crippen molar-refractivity contribution in [1.82, 2.24) is 0 Å². The summed E-state index contributed by atoms with van der Waals surface area (Å²) < 4.78 is 0. The molecule has 1 N–H and O–H groups in total. The third-order valence-electron chi connectivity index (χ3n) is 1.90. The van der Waals surface area contributed by atoms with Crippen molar-refractivity contribution in [3.8, 4) is 6.07 Å². The van der Waals surface area contributed by atoms with Gasteiger partial charge in [0.05, 0.1) is 18.1 Å². The van der Waals surface area contributed by atoms with Gasteiger partial charge in [0, 0.05) is 0 Å². The molecule has 0 unspecified atom stereocenters. The maximum atomic E-state index is 9.15. The van der Waals surface area contributed by atoms with Gasteiger partial charge in [0.15, 0.2) is 0 Å². The molecule has 2 nitrogen and oxygen atoms in total. The molecule has 0 aromatic rings. The van der Waals surface area contributed by atoms with Gasteiger partial charge in [0.1, 0.15) is 0 Å². The number of hydrogen-bond acceptors (Lipinski definition) is 2. The summed E-state index contributed by atoms with van der Waals surface area (Å²) in [6, 6.07) is 2.10. The molecule has 50 valence electrons. The molecule has 0 radical (unpaired) electrons. The molecule has 2 heteroatoms. The van der Waals surface area contributed by atoms with E-state index in [1.807, 2.05) is 0 Å². The van der Waals surface area contributed by atoms with Crippen LogP contribution in [0.2, 0.25) is 0 Å². The van der Waals surface area contributed by atoms with Crippen LogP contribution in [0.25, 0.3) is 0 Å². The first-order valence-electron chi connectivity index (χ1n) is 3.42. The largest absolute Gasteiger partial charge is 0.392 e. The summed E-state index contributed by atoms with van der Waals surface area (Å²) in [6.45, 7) is 0. The standard InChI is InChI=1S/C7H11NO/c8-5-6-3-1-2-4-7(6)9/h6-7,9H,1-4H2/t6-,7-/m0/s1. The monoisotopic (exact) mass is 125 g/mol. The van der Waals surface area contributed by atoms with E-state index in [0.717, 1.165) is 25.7 Å². The molecular formula is C7H11NO. The van der Waals surface area contributed by atoms with E-state index in [9.17, 15) is 0 Å². The molecule has 9 heavy (non-hydrogen) atoms. The fourth-order valence-corrected chi connectivity index (χ4v) is 1.26. The Morgan fingerprint density at radius 1 is 1.33 bits per heavy atom. The predicted octanol–water partition coefficient (Wildman–Crippen LogP) is 1.06. The highest BCUT2D eigenvalue weighted by molar-refractivity contribution is 4.90. The normalized spacial score (nSPS) is 35.6. The highest BCUT2D eigenvalue weighted by atomic mass is 16.3. The van der Waals surface area contributed by atoms with E-state index in [-0.39, 0.29) is 12.0 Å². The number of aliphatic hydroxyl groups excluding tert-OH is 1. The summed E-state index contributed by atoms with van der Waals surface area (Å²) in [5.41, 5.74) is 0. The van der Waals surface area contributed by atoms with E-state index in [1.165, 1.54) is 0 Å². The van der Waals surface area contributed by atoms with Gasteiger partial charge in [-0.2, -0.15) is 5.26 Å². The van der Waals surface area contributed by atoms with Crippen LogP contribution in [0.5, 0.6) is 0 Å². The predicted molar refractivity (Wildman–Crippen MR) is 33.6 cm³/mol. The van der Waals surface area contributed by atoms with Gasteiger partial charge in [-0.15, -0.1) is 0 Å². The Bertz CT molecular complexity index is 127. The van der Waals surface area contributed by atoms with Gasteiger partial charge in [0.25, 0.3) is 0 Å². The molecule has 0 aromatic heterocycles. The third-order valence-corrected chi connectivity index (χ3v) is 1.90. The Labute approximate surface area is 55.1 Å². The summed E-state index contributed by atoms with van der Waals surface area (Å²) in [6.07, 6.45) is 3.55. The second-order valence-corrected chi connectivity index (χ2v) is 2.59. The Hall–Kier alpha value is -0.550. The quantitative estimate of drug-likeness (QED) is 0.526. The van der Waals surface area contributed by atoms with Gasteiger partial charge < -0.3 is 5.11 Å². The minimum Gasteiger partial charge on any atom is -0.392 e. The highest BCUT2D eigenvalue weighted by Crippen LogP contribution is 2.22. The van der Waals surface area contributed by atoms with E-state index in [4.69, 9.17) is 10.4 Å². The molecule has 0 saturated heterocycles. The Morgan fingerprint density at radius 2 is 2.00 bits per heavy atom. The zero-order chi connectivity index (χ0) is 6.69. The minimum atomic E-state index is -0.344. The van der Waals surface area contributed by atoms with Crippen molar-refractivity contribution in [3.63, 3.8) is 0 Å². The smallest absolute Gasteiger partial charge is 0.0722 e. The van der Waals surface area contributed by atoms with Crippen molar-refractivity contribution in [3.05, 3.63) is 0 Å². The Kier molecular flexibility index (Phi) is 2.07. The average Bonchev–Trinajstić information content (AvgIpc) is 1.89. The van der Waals surface area contributed by atoms with Crippen LogP contribution in [0.15, 0.2) is 0 Å². The van der Waals surface area contributed by atoms with Gasteiger partial charge in [0.2, 0.25) is 0 Å². The van der Waals surface area contributed by atoms with Crippen LogP contribution in [-0.4, -0.2) is 11.2 Å². The second kappa shape index (κ2) is 2.84. The molecule has 0 heterocycles. The third kappa shape index (κ3) is 1.43. The molecule has 1 saturated carbocycles. The average molecular weight is 125 g/mol. The molecular weight excluding hydrogens is 114 g/mol. The van der Waals surface area contributed by atoms with Crippen molar-refractivity contribution in [2.24, 2.45) is 5.92 Å². The zero-order valence-corrected chi connectivity index (χ0v) is 5.38. The van der Waals surface area contributed by atoms with E-state index in [0.29, 0.717) is 0 Å². The maximum Gasteiger partial charge on any atom is 0.0722 e. The molecule has 0 spiro atoms. The first-order chi connectivity index (χ1) is 4.34. The topological polar surface area (TPSA) is 44.0 Å². The molecule has 0 aromatic carbocycles. The SMILES string of the molecule is N#C[C@@H]1CCCC[C@@H]1O. The van der Waals surface area contributed by atoms with Crippen LogP contribution < -0.4 is 0 Å². The van der Waals surface area contributed by atoms with Crippen molar-refractivity contribution in [1.29, 1.82) is 5.26 Å². The summed E-state index contributed by atoms with van der Waals surface area (Å²) in [7, 11) is 0. The lowest BCUT2D eigenvalue weighted by molar-refractivity contribution is 0.0961. The zero-order valence-electron chi connectivity index (χ0n) is 5.38. The summed E-state index contributed by atoms with van der Waals surface area (Å²) in [4.78, 5) is 0. The van der Waals surface area contributed by atoms with Crippen LogP contribution >= 0.6 is 0 Å². The fourth-order valence-electron chi connectivity index (χ4n) is 1.26. The molecule has 2 atom stereocenters. The highest BCUT2D eigenvalue weighted by Gasteiger charge is 2.21. The lowest BCUT2D eigenvalue weighted by Gasteiger charge is -2.20. The molecule has 0 amide bonds. The van der Waals surface area contributed by atoms with Gasteiger partial charge in [-0.3, -0.25) is 0 Å². The number of hydrogen-bond donors (Lipinski definition) is 1. The molecule has 1 aliphatic carbocycles. The Balaban J connectivity index is 2.41. The lowest BCUT2D eigenvalue weighted by Crippen LogP contribution is -2.22. The molecule has 0 bridgehead atoms. The van der Waals surface area contributed by atoms with Crippen LogP contribution in [0, 0.1) is 17.2 Å². The fraction of sp³-hybridized carbons (Fsp3) is 0.857. The summed E-state index contributed by atoms with van der Waals surface area (Å²) >= 11 is 0. The maximum absolute atomic E-state index is 9.15. The van der Waals surface area contributed by atoms with E-state index in [2.05, 4.69) is 6.07 Å².